The molecule has 0 aliphatic rings. The number of nitrogens with zero attached hydrogens (tertiary/aromatic N) is 1. The van der Waals surface area contributed by atoms with Crippen molar-refractivity contribution in [3.05, 3.63) is 35.4 Å². The van der Waals surface area contributed by atoms with Crippen molar-refractivity contribution >= 4 is 11.9 Å². The number of likely N-dealkylation sites (N-methyl/N-ethyl adjacent to an activating group) is 1. The van der Waals surface area contributed by atoms with E-state index in [-0.39, 0.29) is 18.9 Å². The molecule has 0 aliphatic heterocycles. The van der Waals surface area contributed by atoms with Gasteiger partial charge in [0.2, 0.25) is 5.91 Å². The Labute approximate surface area is 107 Å². The standard InChI is InChI=1S/C14H19NO3/c1-3-4-11-5-7-12(8-6-11)9-13(16)15(2)10-14(17)18/h5-8H,3-4,9-10H2,1-2H3,(H,17,18). The van der Waals surface area contributed by atoms with Crippen LogP contribution in [0.3, 0.4) is 0 Å². The highest BCUT2D eigenvalue weighted by atomic mass is 16.4. The molecule has 0 heterocycles. The van der Waals surface area contributed by atoms with Gasteiger partial charge in [0.05, 0.1) is 6.42 Å². The molecule has 1 amide bonds. The first-order chi connectivity index (χ1) is 8.52. The molecule has 0 saturated carbocycles. The molecule has 1 aromatic carbocycles. The van der Waals surface area contributed by atoms with Gasteiger partial charge < -0.3 is 10.0 Å². The van der Waals surface area contributed by atoms with E-state index >= 15 is 0 Å². The molecular formula is C14H19NO3. The van der Waals surface area contributed by atoms with Crippen LogP contribution >= 0.6 is 0 Å². The highest BCUT2D eigenvalue weighted by Crippen LogP contribution is 2.08. The number of carbonyl (C=O) groups excluding carboxylic acids is 1. The van der Waals surface area contributed by atoms with Crippen molar-refractivity contribution in [3.63, 3.8) is 0 Å². The zero-order valence-corrected chi connectivity index (χ0v) is 10.8. The highest BCUT2D eigenvalue weighted by Gasteiger charge is 2.12. The molecule has 1 aromatic rings. The van der Waals surface area contributed by atoms with Crippen molar-refractivity contribution in [3.8, 4) is 0 Å². The number of benzene rings is 1. The summed E-state index contributed by atoms with van der Waals surface area (Å²) in [5.41, 5.74) is 2.17. The van der Waals surface area contributed by atoms with Crippen LogP contribution in [0.2, 0.25) is 0 Å². The summed E-state index contributed by atoms with van der Waals surface area (Å²) >= 11 is 0. The molecule has 0 unspecified atom stereocenters. The Hall–Kier alpha value is -1.84. The van der Waals surface area contributed by atoms with E-state index in [0.29, 0.717) is 0 Å². The number of hydrogen-bond donors (Lipinski definition) is 1. The molecule has 98 valence electrons. The Bertz CT molecular complexity index is 412. The van der Waals surface area contributed by atoms with E-state index in [1.54, 1.807) is 0 Å². The van der Waals surface area contributed by atoms with Gasteiger partial charge in [-0.2, -0.15) is 0 Å². The fourth-order valence-corrected chi connectivity index (χ4v) is 1.71. The molecule has 0 radical (unpaired) electrons. The first kappa shape index (κ1) is 14.2. The van der Waals surface area contributed by atoms with Crippen LogP contribution in [0.15, 0.2) is 24.3 Å². The number of carboxylic acids is 1. The van der Waals surface area contributed by atoms with Gasteiger partial charge >= 0.3 is 5.97 Å². The predicted molar refractivity (Wildman–Crippen MR) is 69.4 cm³/mol. The second-order valence-corrected chi connectivity index (χ2v) is 4.39. The minimum atomic E-state index is -0.996. The second kappa shape index (κ2) is 6.79. The van der Waals surface area contributed by atoms with Crippen LogP contribution in [0.5, 0.6) is 0 Å². The molecule has 1 rings (SSSR count). The quantitative estimate of drug-likeness (QED) is 0.835. The van der Waals surface area contributed by atoms with E-state index in [1.807, 2.05) is 24.3 Å². The molecule has 1 N–H and O–H groups in total. The molecule has 4 heteroatoms. The molecule has 0 spiro atoms. The second-order valence-electron chi connectivity index (χ2n) is 4.39. The summed E-state index contributed by atoms with van der Waals surface area (Å²) in [4.78, 5) is 23.4. The minimum absolute atomic E-state index is 0.180. The maximum atomic E-state index is 11.7. The van der Waals surface area contributed by atoms with Crippen LogP contribution in [0.4, 0.5) is 0 Å². The molecule has 0 bridgehead atoms. The van der Waals surface area contributed by atoms with Crippen LogP contribution in [0.25, 0.3) is 0 Å². The number of hydrogen-bond acceptors (Lipinski definition) is 2. The van der Waals surface area contributed by atoms with E-state index in [9.17, 15) is 9.59 Å². The fourth-order valence-electron chi connectivity index (χ4n) is 1.71. The van der Waals surface area contributed by atoms with Crippen molar-refractivity contribution in [2.45, 2.75) is 26.2 Å². The van der Waals surface area contributed by atoms with E-state index in [4.69, 9.17) is 5.11 Å². The molecule has 0 aromatic heterocycles. The maximum absolute atomic E-state index is 11.7. The average Bonchev–Trinajstić information content (AvgIpc) is 2.31. The van der Waals surface area contributed by atoms with Gasteiger partial charge in [-0.1, -0.05) is 37.6 Å². The van der Waals surface area contributed by atoms with E-state index < -0.39 is 5.97 Å². The van der Waals surface area contributed by atoms with Crippen LogP contribution in [-0.2, 0) is 22.4 Å². The van der Waals surface area contributed by atoms with E-state index in [1.165, 1.54) is 17.5 Å². The Morgan fingerprint density at radius 1 is 1.17 bits per heavy atom. The topological polar surface area (TPSA) is 57.6 Å². The lowest BCUT2D eigenvalue weighted by atomic mass is 10.1. The summed E-state index contributed by atoms with van der Waals surface area (Å²) in [6.07, 6.45) is 2.38. The zero-order valence-electron chi connectivity index (χ0n) is 10.8. The van der Waals surface area contributed by atoms with Crippen LogP contribution in [-0.4, -0.2) is 35.5 Å². The minimum Gasteiger partial charge on any atom is -0.480 e. The Kier molecular flexibility index (Phi) is 5.36. The Morgan fingerprint density at radius 2 is 1.72 bits per heavy atom. The van der Waals surface area contributed by atoms with Crippen LogP contribution in [0, 0.1) is 0 Å². The molecule has 0 fully saturated rings. The van der Waals surface area contributed by atoms with Gasteiger partial charge in [0, 0.05) is 7.05 Å². The number of aryl methyl sites for hydroxylation is 1. The molecule has 4 nitrogen and oxygen atoms in total. The monoisotopic (exact) mass is 249 g/mol. The van der Waals surface area contributed by atoms with Crippen LogP contribution in [0.1, 0.15) is 24.5 Å². The van der Waals surface area contributed by atoms with Gasteiger partial charge in [0.1, 0.15) is 6.54 Å². The average molecular weight is 249 g/mol. The summed E-state index contributed by atoms with van der Waals surface area (Å²) in [5, 5.41) is 8.60. The molecular weight excluding hydrogens is 230 g/mol. The summed E-state index contributed by atoms with van der Waals surface area (Å²) in [7, 11) is 1.50. The third-order valence-corrected chi connectivity index (χ3v) is 2.72. The molecule has 0 aliphatic carbocycles. The smallest absolute Gasteiger partial charge is 0.323 e. The molecule has 0 saturated heterocycles. The number of amides is 1. The van der Waals surface area contributed by atoms with E-state index in [0.717, 1.165) is 18.4 Å². The van der Waals surface area contributed by atoms with Crippen molar-refractivity contribution in [2.24, 2.45) is 0 Å². The number of carbonyl (C=O) groups is 2. The third kappa shape index (κ3) is 4.57. The Balaban J connectivity index is 2.56. The van der Waals surface area contributed by atoms with Gasteiger partial charge in [-0.3, -0.25) is 9.59 Å². The van der Waals surface area contributed by atoms with Gasteiger partial charge in [-0.05, 0) is 17.5 Å². The number of rotatable bonds is 6. The first-order valence-corrected chi connectivity index (χ1v) is 6.06. The number of aliphatic carboxylic acids is 1. The predicted octanol–water partition coefficient (Wildman–Crippen LogP) is 1.72. The molecule has 0 atom stereocenters. The Morgan fingerprint density at radius 3 is 2.22 bits per heavy atom. The zero-order chi connectivity index (χ0) is 13.5. The van der Waals surface area contributed by atoms with Crippen molar-refractivity contribution in [2.75, 3.05) is 13.6 Å². The van der Waals surface area contributed by atoms with Gasteiger partial charge in [0.15, 0.2) is 0 Å². The van der Waals surface area contributed by atoms with E-state index in [2.05, 4.69) is 6.92 Å². The maximum Gasteiger partial charge on any atom is 0.323 e. The lowest BCUT2D eigenvalue weighted by Crippen LogP contribution is -2.33. The fraction of sp³-hybridized carbons (Fsp3) is 0.429. The van der Waals surface area contributed by atoms with Gasteiger partial charge in [-0.15, -0.1) is 0 Å². The summed E-state index contributed by atoms with van der Waals surface area (Å²) in [6.45, 7) is 1.87. The van der Waals surface area contributed by atoms with Crippen LogP contribution < -0.4 is 0 Å². The lowest BCUT2D eigenvalue weighted by molar-refractivity contribution is -0.143. The molecule has 18 heavy (non-hydrogen) atoms. The summed E-state index contributed by atoms with van der Waals surface area (Å²) in [5.74, 6) is -1.18. The summed E-state index contributed by atoms with van der Waals surface area (Å²) < 4.78 is 0. The van der Waals surface area contributed by atoms with Crippen molar-refractivity contribution in [1.82, 2.24) is 4.90 Å². The van der Waals surface area contributed by atoms with Crippen molar-refractivity contribution < 1.29 is 14.7 Å². The van der Waals surface area contributed by atoms with Crippen molar-refractivity contribution in [1.29, 1.82) is 0 Å². The third-order valence-electron chi connectivity index (χ3n) is 2.72. The largest absolute Gasteiger partial charge is 0.480 e. The first-order valence-electron chi connectivity index (χ1n) is 6.06. The van der Waals surface area contributed by atoms with Gasteiger partial charge in [-0.25, -0.2) is 0 Å². The number of carboxylic acid groups (broad SMARTS) is 1. The lowest BCUT2D eigenvalue weighted by Gasteiger charge is -2.14. The summed E-state index contributed by atoms with van der Waals surface area (Å²) in [6, 6.07) is 7.89. The highest BCUT2D eigenvalue weighted by molar-refractivity contribution is 5.82. The SMILES string of the molecule is CCCc1ccc(CC(=O)N(C)CC(=O)O)cc1. The normalized spacial score (nSPS) is 10.1. The van der Waals surface area contributed by atoms with Gasteiger partial charge in [0.25, 0.3) is 0 Å².